The molecule has 5 atom stereocenters. The second-order valence-electron chi connectivity index (χ2n) is 11.1. The lowest BCUT2D eigenvalue weighted by atomic mass is 9.83. The van der Waals surface area contributed by atoms with E-state index in [1.165, 1.54) is 0 Å². The number of aryl methyl sites for hydroxylation is 1. The summed E-state index contributed by atoms with van der Waals surface area (Å²) in [6.45, 7) is 8.24. The van der Waals surface area contributed by atoms with E-state index in [1.807, 2.05) is 39.8 Å². The number of carbonyl (C=O) groups excluding carboxylic acids is 2. The van der Waals surface area contributed by atoms with E-state index >= 15 is 0 Å². The molecule has 1 aromatic heterocycles. The van der Waals surface area contributed by atoms with Crippen molar-refractivity contribution in [1.82, 2.24) is 20.7 Å². The number of nitrogens with one attached hydrogen (secondary N) is 3. The first-order valence-electron chi connectivity index (χ1n) is 12.8. The molecule has 0 saturated carbocycles. The van der Waals surface area contributed by atoms with Crippen LogP contribution in [0.1, 0.15) is 51.5 Å². The number of fused-ring (bicyclic) bond motifs is 2. The number of hydrogen-bond donors (Lipinski definition) is 3. The van der Waals surface area contributed by atoms with Gasteiger partial charge in [-0.2, -0.15) is 5.26 Å². The van der Waals surface area contributed by atoms with E-state index in [-0.39, 0.29) is 43.0 Å². The number of amides is 1. The Bertz CT molecular complexity index is 1230. The fourth-order valence-corrected chi connectivity index (χ4v) is 6.52. The highest BCUT2D eigenvalue weighted by Crippen LogP contribution is 2.40. The van der Waals surface area contributed by atoms with E-state index in [4.69, 9.17) is 9.47 Å². The lowest BCUT2D eigenvalue weighted by Gasteiger charge is -2.47. The quantitative estimate of drug-likeness (QED) is 0.504. The highest BCUT2D eigenvalue weighted by atomic mass is 32.1. The minimum Gasteiger partial charge on any atom is -0.458 e. The van der Waals surface area contributed by atoms with Crippen molar-refractivity contribution >= 4 is 39.1 Å². The zero-order valence-corrected chi connectivity index (χ0v) is 22.5. The molecule has 37 heavy (non-hydrogen) atoms. The third-order valence-electron chi connectivity index (χ3n) is 7.26. The van der Waals surface area contributed by atoms with Crippen molar-refractivity contribution in [3.63, 3.8) is 0 Å². The third kappa shape index (κ3) is 5.16. The first-order valence-corrected chi connectivity index (χ1v) is 13.6. The molecule has 2 aromatic rings. The lowest BCUT2D eigenvalue weighted by Crippen LogP contribution is -2.63. The summed E-state index contributed by atoms with van der Waals surface area (Å²) in [7, 11) is 0. The van der Waals surface area contributed by atoms with Crippen LogP contribution in [0.3, 0.4) is 0 Å². The van der Waals surface area contributed by atoms with E-state index in [0.717, 1.165) is 27.3 Å². The van der Waals surface area contributed by atoms with E-state index < -0.39 is 17.2 Å². The maximum absolute atomic E-state index is 13.1. The Kier molecular flexibility index (Phi) is 6.87. The number of hydrazine groups is 1. The molecule has 4 heterocycles. The number of anilines is 1. The van der Waals surface area contributed by atoms with Crippen LogP contribution in [0.4, 0.5) is 5.69 Å². The second kappa shape index (κ2) is 9.83. The second-order valence-corrected chi connectivity index (χ2v) is 12.4. The number of carbonyl (C=O) groups is 2. The summed E-state index contributed by atoms with van der Waals surface area (Å²) in [6, 6.07) is 8.22. The number of piperidine rings is 1. The van der Waals surface area contributed by atoms with Gasteiger partial charge in [0.2, 0.25) is 5.91 Å². The summed E-state index contributed by atoms with van der Waals surface area (Å²) in [5.41, 5.74) is 4.13. The van der Waals surface area contributed by atoms with Crippen molar-refractivity contribution in [3.05, 3.63) is 23.2 Å². The summed E-state index contributed by atoms with van der Waals surface area (Å²) in [6.07, 6.45) is 0.944. The summed E-state index contributed by atoms with van der Waals surface area (Å²) in [5.74, 6) is -0.753. The van der Waals surface area contributed by atoms with Gasteiger partial charge in [0.25, 0.3) is 0 Å². The van der Waals surface area contributed by atoms with E-state index in [9.17, 15) is 14.9 Å². The van der Waals surface area contributed by atoms with Gasteiger partial charge in [0.1, 0.15) is 11.8 Å². The van der Waals surface area contributed by atoms with Crippen LogP contribution in [0.15, 0.2) is 18.2 Å². The van der Waals surface area contributed by atoms with Crippen LogP contribution in [-0.2, 0) is 19.1 Å². The molecule has 3 aliphatic rings. The van der Waals surface area contributed by atoms with Gasteiger partial charge in [0.15, 0.2) is 6.10 Å². The molecule has 3 unspecified atom stereocenters. The zero-order chi connectivity index (χ0) is 26.4. The van der Waals surface area contributed by atoms with Crippen molar-refractivity contribution in [2.75, 3.05) is 18.5 Å². The molecule has 0 bridgehead atoms. The molecule has 0 spiro atoms. The molecular formula is C26H34N6O4S. The number of thiazole rings is 1. The van der Waals surface area contributed by atoms with Crippen molar-refractivity contribution in [2.45, 2.75) is 82.8 Å². The Hall–Kier alpha value is -2.78. The van der Waals surface area contributed by atoms with Gasteiger partial charge in [0.05, 0.1) is 45.8 Å². The molecule has 1 amide bonds. The Morgan fingerprint density at radius 1 is 1.41 bits per heavy atom. The van der Waals surface area contributed by atoms with Gasteiger partial charge < -0.3 is 20.1 Å². The fourth-order valence-electron chi connectivity index (χ4n) is 5.65. The van der Waals surface area contributed by atoms with Gasteiger partial charge in [-0.25, -0.2) is 20.2 Å². The highest BCUT2D eigenvalue weighted by molar-refractivity contribution is 7.18. The molecule has 10 nitrogen and oxygen atoms in total. The number of aromatic nitrogens is 1. The standard InChI is InChI=1S/C26H34N6O4S/c1-15-29-17-6-5-16(13-20(17)37-15)30-22-21-18(8-12-28-23(21)33)32(31-22)26(10-11-27)9-7-19(35-14-26)24(34)36-25(2,3)4/h5-6,13,18-19,21-22,30-31H,7-10,12,14H2,1-4H3,(H,28,33)/t18?,19-,21?,22?,26-/m0/s1. The smallest absolute Gasteiger partial charge is 0.335 e. The fraction of sp³-hybridized carbons (Fsp3) is 0.615. The number of nitrogens with zero attached hydrogens (tertiary/aromatic N) is 3. The molecule has 3 aliphatic heterocycles. The number of rotatable bonds is 5. The van der Waals surface area contributed by atoms with Gasteiger partial charge in [-0.3, -0.25) is 4.79 Å². The van der Waals surface area contributed by atoms with Crippen molar-refractivity contribution < 1.29 is 19.1 Å². The number of nitriles is 1. The topological polar surface area (TPSA) is 129 Å². The first kappa shape index (κ1) is 25.9. The maximum Gasteiger partial charge on any atom is 0.335 e. The van der Waals surface area contributed by atoms with E-state index in [0.29, 0.717) is 19.4 Å². The Morgan fingerprint density at radius 2 is 2.22 bits per heavy atom. The normalized spacial score (nSPS) is 30.4. The van der Waals surface area contributed by atoms with Crippen LogP contribution in [0.2, 0.25) is 0 Å². The zero-order valence-electron chi connectivity index (χ0n) is 21.7. The van der Waals surface area contributed by atoms with Gasteiger partial charge in [0, 0.05) is 18.3 Å². The largest absolute Gasteiger partial charge is 0.458 e. The Balaban J connectivity index is 1.37. The Labute approximate surface area is 220 Å². The van der Waals surface area contributed by atoms with Gasteiger partial charge in [-0.1, -0.05) is 0 Å². The SMILES string of the molecule is Cc1nc2ccc(NC3NN([C@]4(CC#N)CC[C@@H](C(=O)OC(C)(C)C)OC4)C4CCNC(=O)C34)cc2s1. The van der Waals surface area contributed by atoms with E-state index in [1.54, 1.807) is 11.3 Å². The molecule has 5 rings (SSSR count). The number of hydrogen-bond acceptors (Lipinski definition) is 10. The van der Waals surface area contributed by atoms with Crippen molar-refractivity contribution in [1.29, 1.82) is 5.26 Å². The van der Waals surface area contributed by atoms with Crippen LogP contribution < -0.4 is 16.1 Å². The van der Waals surface area contributed by atoms with Crippen LogP contribution >= 0.6 is 11.3 Å². The molecule has 11 heteroatoms. The highest BCUT2D eigenvalue weighted by Gasteiger charge is 2.56. The van der Waals surface area contributed by atoms with Crippen LogP contribution in [0, 0.1) is 24.2 Å². The van der Waals surface area contributed by atoms with Gasteiger partial charge in [-0.05, 0) is 65.2 Å². The molecule has 3 N–H and O–H groups in total. The Morgan fingerprint density at radius 3 is 2.92 bits per heavy atom. The number of ether oxygens (including phenoxy) is 2. The molecule has 198 valence electrons. The molecule has 3 fully saturated rings. The molecule has 1 aromatic carbocycles. The molecule has 3 saturated heterocycles. The average Bonchev–Trinajstić information content (AvgIpc) is 3.39. The summed E-state index contributed by atoms with van der Waals surface area (Å²) in [4.78, 5) is 30.2. The van der Waals surface area contributed by atoms with Gasteiger partial charge in [-0.15, -0.1) is 11.3 Å². The monoisotopic (exact) mass is 526 g/mol. The number of benzene rings is 1. The minimum absolute atomic E-state index is 0.0195. The summed E-state index contributed by atoms with van der Waals surface area (Å²) >= 11 is 1.63. The number of esters is 1. The summed E-state index contributed by atoms with van der Waals surface area (Å²) in [5, 5.41) is 19.4. The average molecular weight is 527 g/mol. The first-order chi connectivity index (χ1) is 17.6. The van der Waals surface area contributed by atoms with Crippen LogP contribution in [0.5, 0.6) is 0 Å². The van der Waals surface area contributed by atoms with Crippen molar-refractivity contribution in [3.8, 4) is 6.07 Å². The van der Waals surface area contributed by atoms with Gasteiger partial charge >= 0.3 is 5.97 Å². The molecular weight excluding hydrogens is 492 g/mol. The van der Waals surface area contributed by atoms with Crippen LogP contribution in [0.25, 0.3) is 10.2 Å². The molecule has 0 radical (unpaired) electrons. The lowest BCUT2D eigenvalue weighted by molar-refractivity contribution is -0.180. The maximum atomic E-state index is 13.1. The predicted octanol–water partition coefficient (Wildman–Crippen LogP) is 2.84. The summed E-state index contributed by atoms with van der Waals surface area (Å²) < 4.78 is 12.6. The third-order valence-corrected chi connectivity index (χ3v) is 8.19. The molecule has 0 aliphatic carbocycles. The predicted molar refractivity (Wildman–Crippen MR) is 139 cm³/mol. The van der Waals surface area contributed by atoms with Crippen LogP contribution in [-0.4, -0.2) is 64.5 Å². The minimum atomic E-state index is -0.664. The van der Waals surface area contributed by atoms with Crippen molar-refractivity contribution in [2.24, 2.45) is 5.92 Å². The van der Waals surface area contributed by atoms with E-state index in [2.05, 4.69) is 38.2 Å².